The summed E-state index contributed by atoms with van der Waals surface area (Å²) < 4.78 is 0. The number of hydrogen-bond acceptors (Lipinski definition) is 3. The molecule has 0 saturated carbocycles. The van der Waals surface area contributed by atoms with Crippen LogP contribution in [0.5, 0.6) is 0 Å². The molecule has 7 heteroatoms. The Morgan fingerprint density at radius 1 is 1.04 bits per heavy atom. The molecule has 2 amide bonds. The fraction of sp³-hybridized carbons (Fsp3) is 0.0625. The van der Waals surface area contributed by atoms with Crippen LogP contribution in [0.15, 0.2) is 42.5 Å². The maximum absolute atomic E-state index is 11.9. The predicted molar refractivity (Wildman–Crippen MR) is 89.5 cm³/mol. The highest BCUT2D eigenvalue weighted by Gasteiger charge is 2.12. The van der Waals surface area contributed by atoms with Gasteiger partial charge in [-0.1, -0.05) is 29.3 Å². The summed E-state index contributed by atoms with van der Waals surface area (Å²) in [7, 11) is 0. The lowest BCUT2D eigenvalue weighted by molar-refractivity contribution is -0.123. The van der Waals surface area contributed by atoms with E-state index in [0.29, 0.717) is 22.0 Å². The fourth-order valence-corrected chi connectivity index (χ4v) is 2.26. The minimum absolute atomic E-state index is 0.285. The lowest BCUT2D eigenvalue weighted by atomic mass is 10.2. The Kier molecular flexibility index (Phi) is 5.58. The van der Waals surface area contributed by atoms with Crippen molar-refractivity contribution in [1.82, 2.24) is 0 Å². The van der Waals surface area contributed by atoms with Gasteiger partial charge in [0.1, 0.15) is 6.42 Å². The van der Waals surface area contributed by atoms with Crippen molar-refractivity contribution >= 4 is 46.4 Å². The van der Waals surface area contributed by atoms with Crippen LogP contribution in [0.3, 0.4) is 0 Å². The van der Waals surface area contributed by atoms with Crippen LogP contribution in [0.4, 0.5) is 11.4 Å². The second-order valence-corrected chi connectivity index (χ2v) is 5.43. The normalized spacial score (nSPS) is 9.78. The van der Waals surface area contributed by atoms with Crippen LogP contribution in [0, 0.1) is 11.3 Å². The lowest BCUT2D eigenvalue weighted by Gasteiger charge is -2.08. The summed E-state index contributed by atoms with van der Waals surface area (Å²) in [6, 6.07) is 13.0. The monoisotopic (exact) mass is 347 g/mol. The van der Waals surface area contributed by atoms with E-state index in [4.69, 9.17) is 28.5 Å². The SMILES string of the molecule is N#Cc1cccc(NC(=O)CC(=O)Nc2ccc(Cl)cc2Cl)c1. The molecule has 0 aromatic heterocycles. The van der Waals surface area contributed by atoms with E-state index in [1.165, 1.54) is 12.1 Å². The van der Waals surface area contributed by atoms with Gasteiger partial charge in [0.05, 0.1) is 22.3 Å². The number of rotatable bonds is 4. The summed E-state index contributed by atoms with van der Waals surface area (Å²) in [5.74, 6) is -1.01. The molecule has 2 aromatic carbocycles. The molecule has 0 atom stereocenters. The average molecular weight is 348 g/mol. The molecule has 23 heavy (non-hydrogen) atoms. The number of nitriles is 1. The van der Waals surface area contributed by atoms with E-state index in [-0.39, 0.29) is 11.4 Å². The molecule has 0 heterocycles. The van der Waals surface area contributed by atoms with E-state index < -0.39 is 11.8 Å². The summed E-state index contributed by atoms with van der Waals surface area (Å²) in [6.07, 6.45) is -0.379. The van der Waals surface area contributed by atoms with Crippen LogP contribution in [0.25, 0.3) is 0 Å². The third-order valence-electron chi connectivity index (χ3n) is 2.80. The van der Waals surface area contributed by atoms with Crippen molar-refractivity contribution in [1.29, 1.82) is 5.26 Å². The predicted octanol–water partition coefficient (Wildman–Crippen LogP) is 3.83. The van der Waals surface area contributed by atoms with Gasteiger partial charge in [-0.3, -0.25) is 9.59 Å². The first kappa shape index (κ1) is 16.8. The number of nitrogens with one attached hydrogen (secondary N) is 2. The Labute approximate surface area is 142 Å². The Hall–Kier alpha value is -2.55. The molecule has 0 radical (unpaired) electrons. The molecular weight excluding hydrogens is 337 g/mol. The van der Waals surface area contributed by atoms with Crippen LogP contribution in [0.1, 0.15) is 12.0 Å². The number of halogens is 2. The van der Waals surface area contributed by atoms with Gasteiger partial charge in [0.15, 0.2) is 0 Å². The van der Waals surface area contributed by atoms with Gasteiger partial charge in [0.2, 0.25) is 11.8 Å². The molecule has 0 spiro atoms. The van der Waals surface area contributed by atoms with Crippen LogP contribution >= 0.6 is 23.2 Å². The van der Waals surface area contributed by atoms with E-state index in [1.807, 2.05) is 6.07 Å². The molecule has 0 aliphatic carbocycles. The minimum Gasteiger partial charge on any atom is -0.326 e. The van der Waals surface area contributed by atoms with E-state index in [0.717, 1.165) is 0 Å². The summed E-state index contributed by atoms with van der Waals surface area (Å²) >= 11 is 11.7. The molecule has 0 bridgehead atoms. The number of hydrogen-bond donors (Lipinski definition) is 2. The topological polar surface area (TPSA) is 82.0 Å². The molecular formula is C16H11Cl2N3O2. The highest BCUT2D eigenvalue weighted by Crippen LogP contribution is 2.25. The van der Waals surface area contributed by atoms with Crippen LogP contribution in [0.2, 0.25) is 10.0 Å². The molecule has 5 nitrogen and oxygen atoms in total. The largest absolute Gasteiger partial charge is 0.326 e. The van der Waals surface area contributed by atoms with Gasteiger partial charge in [-0.2, -0.15) is 5.26 Å². The highest BCUT2D eigenvalue weighted by molar-refractivity contribution is 6.36. The van der Waals surface area contributed by atoms with Crippen molar-refractivity contribution in [3.05, 3.63) is 58.1 Å². The molecule has 0 fully saturated rings. The van der Waals surface area contributed by atoms with Gasteiger partial charge in [-0.15, -0.1) is 0 Å². The molecule has 0 saturated heterocycles. The molecule has 2 aromatic rings. The van der Waals surface area contributed by atoms with Crippen molar-refractivity contribution in [2.45, 2.75) is 6.42 Å². The zero-order chi connectivity index (χ0) is 16.8. The maximum Gasteiger partial charge on any atom is 0.233 e. The first-order chi connectivity index (χ1) is 11.0. The van der Waals surface area contributed by atoms with Gasteiger partial charge in [0.25, 0.3) is 0 Å². The number of nitrogens with zero attached hydrogens (tertiary/aromatic N) is 1. The van der Waals surface area contributed by atoms with Crippen molar-refractivity contribution in [2.24, 2.45) is 0 Å². The molecule has 116 valence electrons. The Bertz CT molecular complexity index is 800. The van der Waals surface area contributed by atoms with Crippen LogP contribution in [-0.4, -0.2) is 11.8 Å². The number of anilines is 2. The van der Waals surface area contributed by atoms with E-state index >= 15 is 0 Å². The van der Waals surface area contributed by atoms with Gasteiger partial charge in [-0.25, -0.2) is 0 Å². The van der Waals surface area contributed by atoms with Crippen LogP contribution in [-0.2, 0) is 9.59 Å². The minimum atomic E-state index is -0.511. The number of benzene rings is 2. The Morgan fingerprint density at radius 3 is 2.48 bits per heavy atom. The van der Waals surface area contributed by atoms with Crippen molar-refractivity contribution in [2.75, 3.05) is 10.6 Å². The Balaban J connectivity index is 1.94. The van der Waals surface area contributed by atoms with Gasteiger partial charge >= 0.3 is 0 Å². The number of carbonyl (C=O) groups excluding carboxylic acids is 2. The van der Waals surface area contributed by atoms with E-state index in [9.17, 15) is 9.59 Å². The molecule has 0 aliphatic heterocycles. The van der Waals surface area contributed by atoms with E-state index in [2.05, 4.69) is 10.6 Å². The number of carbonyl (C=O) groups is 2. The molecule has 0 unspecified atom stereocenters. The van der Waals surface area contributed by atoms with Crippen LogP contribution < -0.4 is 10.6 Å². The van der Waals surface area contributed by atoms with Gasteiger partial charge in [0, 0.05) is 10.7 Å². The molecule has 2 rings (SSSR count). The van der Waals surface area contributed by atoms with Crippen molar-refractivity contribution in [3.63, 3.8) is 0 Å². The van der Waals surface area contributed by atoms with Crippen molar-refractivity contribution in [3.8, 4) is 6.07 Å². The second-order valence-electron chi connectivity index (χ2n) is 4.59. The Morgan fingerprint density at radius 2 is 1.78 bits per heavy atom. The standard InChI is InChI=1S/C16H11Cl2N3O2/c17-11-4-5-14(13(18)7-11)21-16(23)8-15(22)20-12-3-1-2-10(6-12)9-19/h1-7H,8H2,(H,20,22)(H,21,23). The first-order valence-electron chi connectivity index (χ1n) is 6.53. The second kappa shape index (κ2) is 7.63. The smallest absolute Gasteiger partial charge is 0.233 e. The van der Waals surface area contributed by atoms with Crippen molar-refractivity contribution < 1.29 is 9.59 Å². The quantitative estimate of drug-likeness (QED) is 0.824. The number of amides is 2. The summed E-state index contributed by atoms with van der Waals surface area (Å²) in [5.41, 5.74) is 1.24. The first-order valence-corrected chi connectivity index (χ1v) is 7.28. The van der Waals surface area contributed by atoms with Gasteiger partial charge in [-0.05, 0) is 36.4 Å². The molecule has 0 aliphatic rings. The molecule has 2 N–H and O–H groups in total. The fourth-order valence-electron chi connectivity index (χ4n) is 1.80. The zero-order valence-electron chi connectivity index (χ0n) is 11.8. The highest BCUT2D eigenvalue weighted by atomic mass is 35.5. The average Bonchev–Trinajstić information content (AvgIpc) is 2.50. The lowest BCUT2D eigenvalue weighted by Crippen LogP contribution is -2.21. The zero-order valence-corrected chi connectivity index (χ0v) is 13.3. The van der Waals surface area contributed by atoms with E-state index in [1.54, 1.807) is 30.3 Å². The summed E-state index contributed by atoms with van der Waals surface area (Å²) in [4.78, 5) is 23.7. The third-order valence-corrected chi connectivity index (χ3v) is 3.35. The maximum atomic E-state index is 11.9. The third kappa shape index (κ3) is 4.99. The van der Waals surface area contributed by atoms with Gasteiger partial charge < -0.3 is 10.6 Å². The summed E-state index contributed by atoms with van der Waals surface area (Å²) in [5, 5.41) is 14.6. The summed E-state index contributed by atoms with van der Waals surface area (Å²) in [6.45, 7) is 0.